The smallest absolute Gasteiger partial charge is 0.263 e. The van der Waals surface area contributed by atoms with Gasteiger partial charge in [0.25, 0.3) is 0 Å². The zero-order valence-electron chi connectivity index (χ0n) is 4.84. The van der Waals surface area contributed by atoms with E-state index in [1.807, 2.05) is 0 Å². The van der Waals surface area contributed by atoms with E-state index in [0.717, 1.165) is 0 Å². The molecule has 58 valence electrons. The van der Waals surface area contributed by atoms with Crippen LogP contribution in [0.1, 0.15) is 0 Å². The van der Waals surface area contributed by atoms with E-state index in [1.165, 1.54) is 0 Å². The molecule has 2 atom stereocenters. The summed E-state index contributed by atoms with van der Waals surface area (Å²) in [6, 6.07) is 0. The first kappa shape index (κ1) is 8.72. The monoisotopic (exact) mass is 150 g/mol. The number of rotatable bonds is 3. The van der Waals surface area contributed by atoms with Gasteiger partial charge in [0.2, 0.25) is 0 Å². The molecule has 0 radical (unpaired) electrons. The molecule has 0 saturated heterocycles. The highest BCUT2D eigenvalue weighted by Crippen LogP contribution is 1.87. The minimum absolute atomic E-state index is 1.01. The van der Waals surface area contributed by atoms with Crippen LogP contribution in [0.15, 0.2) is 0 Å². The number of hydrogen-bond donors (Lipinski definition) is 2. The number of nitrogens with zero attached hydrogens (tertiary/aromatic N) is 2. The van der Waals surface area contributed by atoms with Gasteiger partial charge in [0, 0.05) is 9.85 Å². The van der Waals surface area contributed by atoms with Gasteiger partial charge in [-0.2, -0.15) is 0 Å². The van der Waals surface area contributed by atoms with Crippen LogP contribution in [0.25, 0.3) is 0 Å². The zero-order valence-corrected chi connectivity index (χ0v) is 4.84. The molecule has 0 aromatic carbocycles. The average Bonchev–Trinajstić information content (AvgIpc) is 1.84. The summed E-state index contributed by atoms with van der Waals surface area (Å²) in [6.07, 6.45) is -3.68. The van der Waals surface area contributed by atoms with Crippen molar-refractivity contribution in [1.82, 2.24) is 0 Å². The molecule has 0 fully saturated rings. The van der Waals surface area contributed by atoms with Crippen LogP contribution >= 0.6 is 0 Å². The van der Waals surface area contributed by atoms with Crippen molar-refractivity contribution in [1.29, 1.82) is 0 Å². The predicted octanol–water partition coefficient (Wildman–Crippen LogP) is -1.89. The maximum atomic E-state index is 9.74. The van der Waals surface area contributed by atoms with Crippen molar-refractivity contribution in [3.05, 3.63) is 20.2 Å². The summed E-state index contributed by atoms with van der Waals surface area (Å²) >= 11 is 0. The van der Waals surface area contributed by atoms with Gasteiger partial charge in [-0.05, 0) is 0 Å². The summed E-state index contributed by atoms with van der Waals surface area (Å²) in [6.45, 7) is 0. The third kappa shape index (κ3) is 1.91. The summed E-state index contributed by atoms with van der Waals surface area (Å²) in [7, 11) is 0. The van der Waals surface area contributed by atoms with Crippen LogP contribution in [0.2, 0.25) is 0 Å². The van der Waals surface area contributed by atoms with Gasteiger partial charge in [0.15, 0.2) is 0 Å². The minimum Gasteiger partial charge on any atom is -0.263 e. The Morgan fingerprint density at radius 2 is 1.20 bits per heavy atom. The quantitative estimate of drug-likeness (QED) is 0.274. The van der Waals surface area contributed by atoms with Gasteiger partial charge in [-0.1, -0.05) is 0 Å². The Balaban J connectivity index is 4.07. The molecule has 0 aromatic rings. The van der Waals surface area contributed by atoms with Crippen LogP contribution in [-0.2, 0) is 0 Å². The summed E-state index contributed by atoms with van der Waals surface area (Å²) in [4.78, 5) is 17.5. The fourth-order valence-corrected chi connectivity index (χ4v) is 0.249. The summed E-state index contributed by atoms with van der Waals surface area (Å²) in [5.41, 5.74) is 9.39. The number of nitro groups is 2. The van der Waals surface area contributed by atoms with Crippen molar-refractivity contribution < 1.29 is 9.85 Å². The molecule has 0 bridgehead atoms. The fraction of sp³-hybridized carbons (Fsp3) is 1.00. The Morgan fingerprint density at radius 1 is 1.00 bits per heavy atom. The molecule has 0 rings (SSSR count). The lowest BCUT2D eigenvalue weighted by Gasteiger charge is -2.03. The van der Waals surface area contributed by atoms with E-state index in [-0.39, 0.29) is 0 Å². The molecule has 10 heavy (non-hydrogen) atoms. The highest BCUT2D eigenvalue weighted by Gasteiger charge is 2.33. The molecule has 8 heteroatoms. The second-order valence-corrected chi connectivity index (χ2v) is 1.55. The number of nitrogens with two attached hydrogens (primary N) is 2. The van der Waals surface area contributed by atoms with Crippen molar-refractivity contribution in [3.8, 4) is 0 Å². The highest BCUT2D eigenvalue weighted by atomic mass is 16.6. The number of hydrogen-bond acceptors (Lipinski definition) is 6. The van der Waals surface area contributed by atoms with Crippen LogP contribution < -0.4 is 11.5 Å². The topological polar surface area (TPSA) is 138 Å². The molecule has 0 spiro atoms. The summed E-state index contributed by atoms with van der Waals surface area (Å²) in [5.74, 6) is 0. The highest BCUT2D eigenvalue weighted by molar-refractivity contribution is 4.52. The van der Waals surface area contributed by atoms with Crippen LogP contribution in [0.3, 0.4) is 0 Å². The van der Waals surface area contributed by atoms with E-state index < -0.39 is 22.2 Å². The van der Waals surface area contributed by atoms with E-state index in [2.05, 4.69) is 0 Å². The molecule has 0 aliphatic rings. The van der Waals surface area contributed by atoms with Crippen molar-refractivity contribution >= 4 is 0 Å². The van der Waals surface area contributed by atoms with Crippen LogP contribution in [-0.4, -0.2) is 22.2 Å². The Kier molecular flexibility index (Phi) is 2.65. The second kappa shape index (κ2) is 3.03. The third-order valence-electron chi connectivity index (χ3n) is 0.837. The maximum absolute atomic E-state index is 9.74. The molecule has 4 N–H and O–H groups in total. The van der Waals surface area contributed by atoms with E-state index in [0.29, 0.717) is 0 Å². The molecule has 0 aromatic heterocycles. The first-order valence-corrected chi connectivity index (χ1v) is 2.25. The van der Waals surface area contributed by atoms with E-state index in [1.54, 1.807) is 0 Å². The molecule has 0 aliphatic heterocycles. The summed E-state index contributed by atoms with van der Waals surface area (Å²) < 4.78 is 0. The molecular formula is C2H6N4O4. The molecule has 0 aliphatic carbocycles. The molecule has 0 heterocycles. The first-order chi connectivity index (χ1) is 4.46. The van der Waals surface area contributed by atoms with E-state index >= 15 is 0 Å². The van der Waals surface area contributed by atoms with Crippen molar-refractivity contribution in [2.45, 2.75) is 12.3 Å². The van der Waals surface area contributed by atoms with Gasteiger partial charge >= 0.3 is 12.3 Å². The predicted molar refractivity (Wildman–Crippen MR) is 29.9 cm³/mol. The van der Waals surface area contributed by atoms with Crippen molar-refractivity contribution in [2.75, 3.05) is 0 Å². The van der Waals surface area contributed by atoms with Gasteiger partial charge in [0.05, 0.1) is 0 Å². The fourth-order valence-electron chi connectivity index (χ4n) is 0.249. The molecule has 0 amide bonds. The molecular weight excluding hydrogens is 144 g/mol. The largest absolute Gasteiger partial charge is 0.344 e. The SMILES string of the molecule is NC(C(N)[N+](=O)[O-])[N+](=O)[O-]. The molecule has 0 saturated carbocycles. The first-order valence-electron chi connectivity index (χ1n) is 2.25. The normalized spacial score (nSPS) is 15.8. The van der Waals surface area contributed by atoms with Gasteiger partial charge in [-0.15, -0.1) is 0 Å². The van der Waals surface area contributed by atoms with Crippen LogP contribution in [0.4, 0.5) is 0 Å². The minimum atomic E-state index is -1.84. The Labute approximate surface area is 55.1 Å². The zero-order chi connectivity index (χ0) is 8.31. The van der Waals surface area contributed by atoms with Crippen molar-refractivity contribution in [3.63, 3.8) is 0 Å². The second-order valence-electron chi connectivity index (χ2n) is 1.55. The Morgan fingerprint density at radius 3 is 1.30 bits per heavy atom. The maximum Gasteiger partial charge on any atom is 0.344 e. The van der Waals surface area contributed by atoms with Crippen LogP contribution in [0, 0.1) is 20.2 Å². The van der Waals surface area contributed by atoms with E-state index in [4.69, 9.17) is 11.5 Å². The Bertz CT molecular complexity index is 139. The molecule has 8 nitrogen and oxygen atoms in total. The average molecular weight is 150 g/mol. The van der Waals surface area contributed by atoms with Crippen LogP contribution in [0.5, 0.6) is 0 Å². The molecule has 2 unspecified atom stereocenters. The lowest BCUT2D eigenvalue weighted by Crippen LogP contribution is -2.51. The van der Waals surface area contributed by atoms with E-state index in [9.17, 15) is 20.2 Å². The van der Waals surface area contributed by atoms with Gasteiger partial charge in [-0.25, -0.2) is 0 Å². The Hall–Kier alpha value is -1.28. The third-order valence-corrected chi connectivity index (χ3v) is 0.837. The lowest BCUT2D eigenvalue weighted by molar-refractivity contribution is -0.616. The van der Waals surface area contributed by atoms with Gasteiger partial charge < -0.3 is 0 Å². The van der Waals surface area contributed by atoms with Gasteiger partial charge in [-0.3, -0.25) is 31.7 Å². The lowest BCUT2D eigenvalue weighted by atomic mass is 10.4. The van der Waals surface area contributed by atoms with Crippen molar-refractivity contribution in [2.24, 2.45) is 11.5 Å². The standard InChI is InChI=1S/C2H6N4O4/c3-1(5(7)8)2(4)6(9)10/h1-2H,3-4H2. The van der Waals surface area contributed by atoms with Gasteiger partial charge in [0.1, 0.15) is 0 Å². The summed E-state index contributed by atoms with van der Waals surface area (Å²) in [5, 5.41) is 19.5.